The number of anilines is 1. The van der Waals surface area contributed by atoms with Gasteiger partial charge in [-0.05, 0) is 36.4 Å². The van der Waals surface area contributed by atoms with E-state index in [2.05, 4.69) is 5.32 Å². The molecule has 4 heteroatoms. The molecule has 1 unspecified atom stereocenters. The largest absolute Gasteiger partial charge is 0.491 e. The predicted octanol–water partition coefficient (Wildman–Crippen LogP) is 1.98. The minimum absolute atomic E-state index is 0.0549. The van der Waals surface area contributed by atoms with E-state index in [9.17, 15) is 0 Å². The van der Waals surface area contributed by atoms with Crippen LogP contribution < -0.4 is 10.1 Å². The molecule has 1 aromatic carbocycles. The number of hydrogen-bond acceptors (Lipinski definition) is 4. The van der Waals surface area contributed by atoms with E-state index in [1.54, 1.807) is 0 Å². The molecular formula is C12H17NO2S. The van der Waals surface area contributed by atoms with Gasteiger partial charge in [0.1, 0.15) is 12.4 Å². The van der Waals surface area contributed by atoms with Crippen molar-refractivity contribution in [2.75, 3.05) is 30.0 Å². The van der Waals surface area contributed by atoms with Crippen molar-refractivity contribution >= 4 is 17.4 Å². The third-order valence-corrected chi connectivity index (χ3v) is 3.68. The predicted molar refractivity (Wildman–Crippen MR) is 68.4 cm³/mol. The summed E-state index contributed by atoms with van der Waals surface area (Å²) in [5.74, 6) is 3.26. The molecule has 0 bridgehead atoms. The van der Waals surface area contributed by atoms with Crippen molar-refractivity contribution in [3.05, 3.63) is 24.3 Å². The molecule has 16 heavy (non-hydrogen) atoms. The Hall–Kier alpha value is -0.870. The van der Waals surface area contributed by atoms with Crippen LogP contribution in [-0.2, 0) is 0 Å². The highest BCUT2D eigenvalue weighted by atomic mass is 32.2. The van der Waals surface area contributed by atoms with Crippen LogP contribution in [-0.4, -0.2) is 35.9 Å². The van der Waals surface area contributed by atoms with Gasteiger partial charge in [-0.3, -0.25) is 0 Å². The third kappa shape index (κ3) is 3.32. The van der Waals surface area contributed by atoms with Crippen LogP contribution in [0.1, 0.15) is 6.42 Å². The molecule has 1 fully saturated rings. The molecule has 1 heterocycles. The Labute approximate surface area is 100 Å². The van der Waals surface area contributed by atoms with E-state index in [-0.39, 0.29) is 6.61 Å². The monoisotopic (exact) mass is 239 g/mol. The Bertz CT molecular complexity index is 309. The number of rotatable bonds is 5. The second-order valence-electron chi connectivity index (χ2n) is 3.80. The number of aliphatic hydroxyl groups excluding tert-OH is 1. The molecule has 1 aliphatic heterocycles. The van der Waals surface area contributed by atoms with Crippen molar-refractivity contribution in [3.8, 4) is 5.75 Å². The summed E-state index contributed by atoms with van der Waals surface area (Å²) >= 11 is 2.00. The van der Waals surface area contributed by atoms with Crippen molar-refractivity contribution in [1.29, 1.82) is 0 Å². The highest BCUT2D eigenvalue weighted by molar-refractivity contribution is 7.99. The zero-order valence-corrected chi connectivity index (χ0v) is 10.0. The van der Waals surface area contributed by atoms with Gasteiger partial charge in [-0.15, -0.1) is 0 Å². The summed E-state index contributed by atoms with van der Waals surface area (Å²) in [4.78, 5) is 0. The molecule has 1 aliphatic rings. The van der Waals surface area contributed by atoms with Crippen LogP contribution in [0.4, 0.5) is 5.69 Å². The first-order chi connectivity index (χ1) is 7.88. The van der Waals surface area contributed by atoms with Crippen LogP contribution in [0, 0.1) is 0 Å². The number of ether oxygens (including phenoxy) is 1. The van der Waals surface area contributed by atoms with Gasteiger partial charge in [0.2, 0.25) is 0 Å². The Morgan fingerprint density at radius 1 is 1.38 bits per heavy atom. The van der Waals surface area contributed by atoms with Gasteiger partial charge < -0.3 is 15.2 Å². The molecule has 0 saturated carbocycles. The van der Waals surface area contributed by atoms with Crippen molar-refractivity contribution in [2.45, 2.75) is 12.5 Å². The topological polar surface area (TPSA) is 41.5 Å². The van der Waals surface area contributed by atoms with Gasteiger partial charge in [-0.25, -0.2) is 0 Å². The molecule has 0 spiro atoms. The molecule has 0 amide bonds. The minimum atomic E-state index is 0.0549. The number of thioether (sulfide) groups is 1. The highest BCUT2D eigenvalue weighted by Crippen LogP contribution is 2.22. The molecule has 3 nitrogen and oxygen atoms in total. The van der Waals surface area contributed by atoms with Gasteiger partial charge in [0.05, 0.1) is 6.61 Å². The van der Waals surface area contributed by atoms with E-state index in [1.165, 1.54) is 17.9 Å². The zero-order chi connectivity index (χ0) is 11.2. The minimum Gasteiger partial charge on any atom is -0.491 e. The summed E-state index contributed by atoms with van der Waals surface area (Å²) in [5, 5.41) is 12.1. The van der Waals surface area contributed by atoms with Gasteiger partial charge in [0.25, 0.3) is 0 Å². The summed E-state index contributed by atoms with van der Waals surface area (Å²) in [6.45, 7) is 0.408. The van der Waals surface area contributed by atoms with Crippen molar-refractivity contribution in [3.63, 3.8) is 0 Å². The third-order valence-electron chi connectivity index (χ3n) is 2.51. The lowest BCUT2D eigenvalue weighted by atomic mass is 10.2. The summed E-state index contributed by atoms with van der Waals surface area (Å²) < 4.78 is 5.30. The summed E-state index contributed by atoms with van der Waals surface area (Å²) in [7, 11) is 0. The molecule has 0 aliphatic carbocycles. The van der Waals surface area contributed by atoms with Crippen LogP contribution in [0.2, 0.25) is 0 Å². The number of nitrogens with one attached hydrogen (secondary N) is 1. The Kier molecular flexibility index (Phi) is 4.36. The Morgan fingerprint density at radius 3 is 2.81 bits per heavy atom. The second-order valence-corrected chi connectivity index (χ2v) is 4.95. The molecule has 0 aromatic heterocycles. The normalized spacial score (nSPS) is 19.7. The summed E-state index contributed by atoms with van der Waals surface area (Å²) in [6, 6.07) is 8.51. The molecule has 1 aromatic rings. The van der Waals surface area contributed by atoms with Gasteiger partial charge >= 0.3 is 0 Å². The molecule has 2 rings (SSSR count). The van der Waals surface area contributed by atoms with Gasteiger partial charge in [-0.1, -0.05) is 0 Å². The summed E-state index contributed by atoms with van der Waals surface area (Å²) in [5.41, 5.74) is 1.14. The van der Waals surface area contributed by atoms with Crippen LogP contribution in [0.15, 0.2) is 24.3 Å². The molecule has 2 N–H and O–H groups in total. The SMILES string of the molecule is OCCOc1ccc(NC2CCSC2)cc1. The maximum Gasteiger partial charge on any atom is 0.119 e. The standard InChI is InChI=1S/C12H17NO2S/c14-6-7-15-12-3-1-10(2-4-12)13-11-5-8-16-9-11/h1-4,11,13-14H,5-9H2. The molecule has 88 valence electrons. The lowest BCUT2D eigenvalue weighted by Crippen LogP contribution is -2.17. The number of benzene rings is 1. The smallest absolute Gasteiger partial charge is 0.119 e. The quantitative estimate of drug-likeness (QED) is 0.824. The van der Waals surface area contributed by atoms with Crippen molar-refractivity contribution in [1.82, 2.24) is 0 Å². The number of aliphatic hydroxyl groups is 1. The maximum absolute atomic E-state index is 8.63. The molecular weight excluding hydrogens is 222 g/mol. The van der Waals surface area contributed by atoms with Gasteiger partial charge in [0, 0.05) is 17.5 Å². The van der Waals surface area contributed by atoms with E-state index in [1.807, 2.05) is 36.0 Å². The average Bonchev–Trinajstić information content (AvgIpc) is 2.81. The first-order valence-electron chi connectivity index (χ1n) is 5.56. The molecule has 1 atom stereocenters. The van der Waals surface area contributed by atoms with E-state index in [0.29, 0.717) is 12.6 Å². The lowest BCUT2D eigenvalue weighted by molar-refractivity contribution is 0.201. The first-order valence-corrected chi connectivity index (χ1v) is 6.72. The van der Waals surface area contributed by atoms with Crippen molar-refractivity contribution < 1.29 is 9.84 Å². The van der Waals surface area contributed by atoms with E-state index < -0.39 is 0 Å². The maximum atomic E-state index is 8.63. The van der Waals surface area contributed by atoms with Crippen molar-refractivity contribution in [2.24, 2.45) is 0 Å². The van der Waals surface area contributed by atoms with Crippen LogP contribution in [0.25, 0.3) is 0 Å². The Morgan fingerprint density at radius 2 is 2.19 bits per heavy atom. The number of hydrogen-bond donors (Lipinski definition) is 2. The van der Waals surface area contributed by atoms with Gasteiger partial charge in [-0.2, -0.15) is 11.8 Å². The fourth-order valence-electron chi connectivity index (χ4n) is 1.69. The van der Waals surface area contributed by atoms with Crippen LogP contribution >= 0.6 is 11.8 Å². The van der Waals surface area contributed by atoms with E-state index in [4.69, 9.17) is 9.84 Å². The fraction of sp³-hybridized carbons (Fsp3) is 0.500. The van der Waals surface area contributed by atoms with E-state index >= 15 is 0 Å². The van der Waals surface area contributed by atoms with Gasteiger partial charge in [0.15, 0.2) is 0 Å². The second kappa shape index (κ2) is 6.01. The Balaban J connectivity index is 1.86. The molecule has 1 saturated heterocycles. The molecule has 0 radical (unpaired) electrons. The lowest BCUT2D eigenvalue weighted by Gasteiger charge is -2.13. The van der Waals surface area contributed by atoms with Crippen LogP contribution in [0.3, 0.4) is 0 Å². The highest BCUT2D eigenvalue weighted by Gasteiger charge is 2.14. The summed E-state index contributed by atoms with van der Waals surface area (Å²) in [6.07, 6.45) is 1.24. The van der Waals surface area contributed by atoms with E-state index in [0.717, 1.165) is 11.4 Å². The first kappa shape index (κ1) is 11.6. The average molecular weight is 239 g/mol. The fourth-order valence-corrected chi connectivity index (χ4v) is 2.85. The zero-order valence-electron chi connectivity index (χ0n) is 9.19. The van der Waals surface area contributed by atoms with Crippen LogP contribution in [0.5, 0.6) is 5.75 Å².